The van der Waals surface area contributed by atoms with E-state index >= 15 is 0 Å². The first kappa shape index (κ1) is 11.7. The summed E-state index contributed by atoms with van der Waals surface area (Å²) in [4.78, 5) is 0. The lowest BCUT2D eigenvalue weighted by molar-refractivity contribution is 0.310. The predicted molar refractivity (Wildman–Crippen MR) is 52.2 cm³/mol. The van der Waals surface area contributed by atoms with Gasteiger partial charge in [0.25, 0.3) is 0 Å². The molecule has 1 unspecified atom stereocenters. The van der Waals surface area contributed by atoms with Gasteiger partial charge in [-0.15, -0.1) is 0 Å². The fraction of sp³-hybridized carbons (Fsp3) is 0.600. The molecule has 0 spiro atoms. The number of hydrogen-bond donors (Lipinski definition) is 1. The van der Waals surface area contributed by atoms with E-state index in [1.165, 1.54) is 0 Å². The van der Waals surface area contributed by atoms with Crippen LogP contribution in [0.4, 0.5) is 8.78 Å². The van der Waals surface area contributed by atoms with Crippen LogP contribution >= 0.6 is 11.6 Å². The van der Waals surface area contributed by atoms with Gasteiger partial charge in [0.1, 0.15) is 6.33 Å². The topological polar surface area (TPSA) is 20.2 Å². The van der Waals surface area contributed by atoms with Crippen LogP contribution in [0, 0.1) is 11.8 Å². The van der Waals surface area contributed by atoms with Gasteiger partial charge in [0.2, 0.25) is 0 Å². The Balaban J connectivity index is 2.86. The molecule has 0 aliphatic heterocycles. The average Bonchev–Trinajstić information content (AvgIpc) is 3.00. The first-order valence-corrected chi connectivity index (χ1v) is 4.95. The highest BCUT2D eigenvalue weighted by Gasteiger charge is 2.31. The van der Waals surface area contributed by atoms with Crippen LogP contribution < -0.4 is 0 Å². The molecule has 80 valence electrons. The molecule has 0 heterocycles. The van der Waals surface area contributed by atoms with Crippen LogP contribution in [-0.2, 0) is 0 Å². The van der Waals surface area contributed by atoms with Gasteiger partial charge < -0.3 is 5.11 Å². The third-order valence-corrected chi connectivity index (χ3v) is 3.06. The number of halogens is 3. The largest absolute Gasteiger partial charge is 0.392 e. The number of aliphatic hydroxyl groups is 1. The SMILES string of the molecule is CC(/C(CO)=C(Cl)\C(F)=C/F)C1CC1. The summed E-state index contributed by atoms with van der Waals surface area (Å²) >= 11 is 5.60. The molecule has 1 aliphatic carbocycles. The highest BCUT2D eigenvalue weighted by Crippen LogP contribution is 2.42. The molecule has 1 aliphatic rings. The summed E-state index contributed by atoms with van der Waals surface area (Å²) in [6.45, 7) is 1.55. The lowest BCUT2D eigenvalue weighted by atomic mass is 9.96. The second-order valence-electron chi connectivity index (χ2n) is 3.58. The molecule has 0 bridgehead atoms. The van der Waals surface area contributed by atoms with E-state index in [2.05, 4.69) is 0 Å². The van der Waals surface area contributed by atoms with Gasteiger partial charge in [0.15, 0.2) is 5.83 Å². The van der Waals surface area contributed by atoms with Gasteiger partial charge in [0.05, 0.1) is 11.6 Å². The van der Waals surface area contributed by atoms with Crippen molar-refractivity contribution in [1.82, 2.24) is 0 Å². The predicted octanol–water partition coefficient (Wildman–Crippen LogP) is 3.30. The van der Waals surface area contributed by atoms with E-state index in [9.17, 15) is 8.78 Å². The summed E-state index contributed by atoms with van der Waals surface area (Å²) in [6, 6.07) is 0. The third-order valence-electron chi connectivity index (χ3n) is 2.64. The standard InChI is InChI=1S/C10H13ClF2O/c1-6(7-2-3-7)8(5-14)10(11)9(13)4-12/h4,6-7,14H,2-3,5H2,1H3/b9-4+,10-8+. The minimum absolute atomic E-state index is 0.0261. The van der Waals surface area contributed by atoms with Crippen LogP contribution in [0.2, 0.25) is 0 Å². The van der Waals surface area contributed by atoms with Crippen LogP contribution in [0.15, 0.2) is 22.8 Å². The molecule has 1 rings (SSSR count). The second-order valence-corrected chi connectivity index (χ2v) is 3.96. The van der Waals surface area contributed by atoms with Crippen molar-refractivity contribution in [2.75, 3.05) is 6.61 Å². The third kappa shape index (κ3) is 2.55. The molecule has 0 radical (unpaired) electrons. The summed E-state index contributed by atoms with van der Waals surface area (Å²) in [7, 11) is 0. The maximum atomic E-state index is 12.8. The summed E-state index contributed by atoms with van der Waals surface area (Å²) in [6.07, 6.45) is 1.95. The van der Waals surface area contributed by atoms with Crippen molar-refractivity contribution in [3.63, 3.8) is 0 Å². The summed E-state index contributed by atoms with van der Waals surface area (Å²) in [5, 5.41) is 8.75. The van der Waals surface area contributed by atoms with Gasteiger partial charge in [-0.2, -0.15) is 0 Å². The Morgan fingerprint density at radius 3 is 2.57 bits per heavy atom. The van der Waals surface area contributed by atoms with Crippen LogP contribution in [0.25, 0.3) is 0 Å². The maximum Gasteiger partial charge on any atom is 0.169 e. The van der Waals surface area contributed by atoms with Crippen LogP contribution in [0.3, 0.4) is 0 Å². The fourth-order valence-electron chi connectivity index (χ4n) is 1.50. The zero-order chi connectivity index (χ0) is 10.7. The van der Waals surface area contributed by atoms with Gasteiger partial charge in [-0.25, -0.2) is 8.78 Å². The fourth-order valence-corrected chi connectivity index (χ4v) is 1.77. The molecule has 1 atom stereocenters. The molecule has 1 fully saturated rings. The van der Waals surface area contributed by atoms with E-state index in [0.717, 1.165) is 12.8 Å². The molecule has 0 aromatic rings. The molecule has 4 heteroatoms. The normalized spacial score (nSPS) is 21.9. The summed E-state index contributed by atoms with van der Waals surface area (Å²) in [5.74, 6) is -0.625. The molecular weight excluding hydrogens is 210 g/mol. The minimum atomic E-state index is -1.11. The lowest BCUT2D eigenvalue weighted by Crippen LogP contribution is -2.08. The first-order valence-electron chi connectivity index (χ1n) is 4.57. The molecule has 14 heavy (non-hydrogen) atoms. The van der Waals surface area contributed by atoms with Crippen LogP contribution in [-0.4, -0.2) is 11.7 Å². The Bertz CT molecular complexity index is 269. The number of aliphatic hydroxyl groups excluding tert-OH is 1. The smallest absolute Gasteiger partial charge is 0.169 e. The van der Waals surface area contributed by atoms with Crippen molar-refractivity contribution in [3.05, 3.63) is 22.8 Å². The number of hydrogen-bond acceptors (Lipinski definition) is 1. The molecule has 1 saturated carbocycles. The zero-order valence-electron chi connectivity index (χ0n) is 7.93. The Kier molecular flexibility index (Phi) is 4.08. The van der Waals surface area contributed by atoms with Crippen molar-refractivity contribution in [2.45, 2.75) is 19.8 Å². The highest BCUT2D eigenvalue weighted by atomic mass is 35.5. The van der Waals surface area contributed by atoms with Crippen LogP contribution in [0.1, 0.15) is 19.8 Å². The number of rotatable bonds is 4. The van der Waals surface area contributed by atoms with Gasteiger partial charge in [0, 0.05) is 0 Å². The van der Waals surface area contributed by atoms with Crippen LogP contribution in [0.5, 0.6) is 0 Å². The van der Waals surface area contributed by atoms with Gasteiger partial charge in [-0.1, -0.05) is 18.5 Å². The lowest BCUT2D eigenvalue weighted by Gasteiger charge is -2.14. The molecule has 1 nitrogen and oxygen atoms in total. The van der Waals surface area contributed by atoms with E-state index in [1.54, 1.807) is 0 Å². The van der Waals surface area contributed by atoms with E-state index in [4.69, 9.17) is 16.7 Å². The monoisotopic (exact) mass is 222 g/mol. The summed E-state index contributed by atoms with van der Waals surface area (Å²) in [5.41, 5.74) is 0.389. The molecule has 0 aromatic carbocycles. The second kappa shape index (κ2) is 4.89. The Morgan fingerprint density at radius 1 is 1.64 bits per heavy atom. The van der Waals surface area contributed by atoms with Gasteiger partial charge >= 0.3 is 0 Å². The Labute approximate surface area is 87.1 Å². The zero-order valence-corrected chi connectivity index (χ0v) is 8.69. The van der Waals surface area contributed by atoms with Crippen molar-refractivity contribution in [2.24, 2.45) is 11.8 Å². The molecule has 1 N–H and O–H groups in total. The van der Waals surface area contributed by atoms with Gasteiger partial charge in [-0.3, -0.25) is 0 Å². The molecule has 0 amide bonds. The highest BCUT2D eigenvalue weighted by molar-refractivity contribution is 6.32. The molecular formula is C10H13ClF2O. The first-order chi connectivity index (χ1) is 6.61. The van der Waals surface area contributed by atoms with Gasteiger partial charge in [-0.05, 0) is 30.3 Å². The van der Waals surface area contributed by atoms with Crippen molar-refractivity contribution in [1.29, 1.82) is 0 Å². The van der Waals surface area contributed by atoms with E-state index in [1.807, 2.05) is 6.92 Å². The Morgan fingerprint density at radius 2 is 2.21 bits per heavy atom. The average molecular weight is 223 g/mol. The van der Waals surface area contributed by atoms with E-state index in [0.29, 0.717) is 11.5 Å². The van der Waals surface area contributed by atoms with Crippen molar-refractivity contribution in [3.8, 4) is 0 Å². The Hall–Kier alpha value is -0.410. The molecule has 0 aromatic heterocycles. The van der Waals surface area contributed by atoms with Crippen molar-refractivity contribution < 1.29 is 13.9 Å². The quantitative estimate of drug-likeness (QED) is 0.724. The minimum Gasteiger partial charge on any atom is -0.392 e. The molecule has 0 saturated heterocycles. The van der Waals surface area contributed by atoms with E-state index in [-0.39, 0.29) is 23.9 Å². The number of allylic oxidation sites excluding steroid dienone is 2. The summed E-state index contributed by atoms with van der Waals surface area (Å²) < 4.78 is 24.7. The van der Waals surface area contributed by atoms with Crippen molar-refractivity contribution >= 4 is 11.6 Å². The maximum absolute atomic E-state index is 12.8. The van der Waals surface area contributed by atoms with E-state index < -0.39 is 5.83 Å².